The standard InChI is InChI=1S/C22H18/c1-2-8-16-13-14-20-19-12-7-6-11-18(19)15-21(20)22(16)17-9-4-3-5-10-17/h2-7,9-14H,1,8,15H2. The highest BCUT2D eigenvalue weighted by Crippen LogP contribution is 2.43. The predicted octanol–water partition coefficient (Wildman–Crippen LogP) is 5.65. The van der Waals surface area contributed by atoms with Gasteiger partial charge in [0.1, 0.15) is 0 Å². The Balaban J connectivity index is 1.98. The van der Waals surface area contributed by atoms with Crippen LogP contribution < -0.4 is 0 Å². The number of allylic oxidation sites excluding steroid dienone is 1. The van der Waals surface area contributed by atoms with Gasteiger partial charge in [-0.2, -0.15) is 0 Å². The quantitative estimate of drug-likeness (QED) is 0.426. The summed E-state index contributed by atoms with van der Waals surface area (Å²) in [5, 5.41) is 0. The van der Waals surface area contributed by atoms with E-state index in [1.165, 1.54) is 38.9 Å². The van der Waals surface area contributed by atoms with Crippen LogP contribution in [0.3, 0.4) is 0 Å². The van der Waals surface area contributed by atoms with E-state index in [4.69, 9.17) is 0 Å². The van der Waals surface area contributed by atoms with E-state index in [1.54, 1.807) is 0 Å². The van der Waals surface area contributed by atoms with Crippen LogP contribution in [0.1, 0.15) is 16.7 Å². The molecule has 0 radical (unpaired) electrons. The van der Waals surface area contributed by atoms with E-state index in [1.807, 2.05) is 6.08 Å². The molecule has 0 aromatic heterocycles. The van der Waals surface area contributed by atoms with Crippen LogP contribution in [-0.2, 0) is 12.8 Å². The fourth-order valence-electron chi connectivity index (χ4n) is 3.55. The molecule has 1 aliphatic rings. The summed E-state index contributed by atoms with van der Waals surface area (Å²) in [5.74, 6) is 0. The lowest BCUT2D eigenvalue weighted by Crippen LogP contribution is -1.95. The number of hydrogen-bond donors (Lipinski definition) is 0. The van der Waals surface area contributed by atoms with Crippen LogP contribution in [0.2, 0.25) is 0 Å². The molecule has 3 aromatic carbocycles. The minimum absolute atomic E-state index is 0.911. The normalized spacial score (nSPS) is 11.8. The molecule has 0 amide bonds. The average molecular weight is 282 g/mol. The van der Waals surface area contributed by atoms with E-state index in [0.717, 1.165) is 12.8 Å². The molecule has 0 heterocycles. The van der Waals surface area contributed by atoms with E-state index >= 15 is 0 Å². The van der Waals surface area contributed by atoms with Crippen molar-refractivity contribution in [1.82, 2.24) is 0 Å². The molecule has 22 heavy (non-hydrogen) atoms. The van der Waals surface area contributed by atoms with Crippen molar-refractivity contribution >= 4 is 0 Å². The number of rotatable bonds is 3. The zero-order valence-electron chi connectivity index (χ0n) is 12.5. The van der Waals surface area contributed by atoms with Crippen molar-refractivity contribution in [3.8, 4) is 22.3 Å². The Bertz CT molecular complexity index is 841. The summed E-state index contributed by atoms with van der Waals surface area (Å²) in [5.41, 5.74) is 9.75. The van der Waals surface area contributed by atoms with Gasteiger partial charge < -0.3 is 0 Å². The molecule has 106 valence electrons. The van der Waals surface area contributed by atoms with E-state index in [-0.39, 0.29) is 0 Å². The SMILES string of the molecule is C=CCc1ccc2c(c1-c1ccccc1)Cc1ccccc1-2. The van der Waals surface area contributed by atoms with Crippen LogP contribution in [0.15, 0.2) is 79.4 Å². The zero-order valence-corrected chi connectivity index (χ0v) is 12.5. The Morgan fingerprint density at radius 3 is 2.41 bits per heavy atom. The van der Waals surface area contributed by atoms with Crippen molar-refractivity contribution in [3.05, 3.63) is 96.1 Å². The van der Waals surface area contributed by atoms with Crippen LogP contribution in [0, 0.1) is 0 Å². The molecule has 0 bridgehead atoms. The minimum Gasteiger partial charge on any atom is -0.103 e. The molecule has 3 aromatic rings. The molecule has 1 aliphatic carbocycles. The summed E-state index contributed by atoms with van der Waals surface area (Å²) >= 11 is 0. The smallest absolute Gasteiger partial charge is 0.000718 e. The first-order valence-electron chi connectivity index (χ1n) is 7.78. The van der Waals surface area contributed by atoms with Crippen LogP contribution >= 0.6 is 0 Å². The molecule has 0 fully saturated rings. The van der Waals surface area contributed by atoms with E-state index in [2.05, 4.69) is 73.3 Å². The van der Waals surface area contributed by atoms with E-state index in [0.29, 0.717) is 0 Å². The van der Waals surface area contributed by atoms with Gasteiger partial charge in [0, 0.05) is 0 Å². The summed E-state index contributed by atoms with van der Waals surface area (Å²) in [6, 6.07) is 24.1. The average Bonchev–Trinajstić information content (AvgIpc) is 2.94. The first kappa shape index (κ1) is 13.1. The van der Waals surface area contributed by atoms with Gasteiger partial charge in [-0.15, -0.1) is 6.58 Å². The van der Waals surface area contributed by atoms with Crippen LogP contribution in [0.25, 0.3) is 22.3 Å². The second-order valence-electron chi connectivity index (χ2n) is 5.82. The molecular formula is C22H18. The summed E-state index contributed by atoms with van der Waals surface area (Å²) < 4.78 is 0. The molecule has 0 atom stereocenters. The predicted molar refractivity (Wildman–Crippen MR) is 94.0 cm³/mol. The first-order chi connectivity index (χ1) is 10.9. The van der Waals surface area contributed by atoms with E-state index in [9.17, 15) is 0 Å². The van der Waals surface area contributed by atoms with Crippen molar-refractivity contribution in [3.63, 3.8) is 0 Å². The van der Waals surface area contributed by atoms with Crippen molar-refractivity contribution < 1.29 is 0 Å². The Morgan fingerprint density at radius 2 is 1.59 bits per heavy atom. The van der Waals surface area contributed by atoms with Gasteiger partial charge in [-0.25, -0.2) is 0 Å². The lowest BCUT2D eigenvalue weighted by molar-refractivity contribution is 1.21. The Labute approximate surface area is 131 Å². The van der Waals surface area contributed by atoms with Crippen molar-refractivity contribution in [2.45, 2.75) is 12.8 Å². The third-order valence-corrected chi connectivity index (χ3v) is 4.50. The highest BCUT2D eigenvalue weighted by atomic mass is 14.3. The fraction of sp³-hybridized carbons (Fsp3) is 0.0909. The highest BCUT2D eigenvalue weighted by Gasteiger charge is 2.22. The Morgan fingerprint density at radius 1 is 0.818 bits per heavy atom. The van der Waals surface area contributed by atoms with Crippen molar-refractivity contribution in [2.24, 2.45) is 0 Å². The molecule has 0 aliphatic heterocycles. The van der Waals surface area contributed by atoms with E-state index < -0.39 is 0 Å². The molecule has 0 spiro atoms. The molecule has 0 N–H and O–H groups in total. The molecule has 0 heteroatoms. The van der Waals surface area contributed by atoms with Gasteiger partial charge in [-0.05, 0) is 51.8 Å². The van der Waals surface area contributed by atoms with Gasteiger partial charge in [0.25, 0.3) is 0 Å². The van der Waals surface area contributed by atoms with Gasteiger partial charge in [0.15, 0.2) is 0 Å². The number of hydrogen-bond acceptors (Lipinski definition) is 0. The van der Waals surface area contributed by atoms with Crippen LogP contribution in [0.5, 0.6) is 0 Å². The van der Waals surface area contributed by atoms with Gasteiger partial charge in [-0.3, -0.25) is 0 Å². The molecular weight excluding hydrogens is 264 g/mol. The van der Waals surface area contributed by atoms with Gasteiger partial charge in [0.2, 0.25) is 0 Å². The summed E-state index contributed by atoms with van der Waals surface area (Å²) in [7, 11) is 0. The maximum absolute atomic E-state index is 3.92. The third-order valence-electron chi connectivity index (χ3n) is 4.50. The first-order valence-corrected chi connectivity index (χ1v) is 7.78. The molecule has 0 unspecified atom stereocenters. The van der Waals surface area contributed by atoms with Crippen LogP contribution in [0.4, 0.5) is 0 Å². The largest absolute Gasteiger partial charge is 0.103 e. The summed E-state index contributed by atoms with van der Waals surface area (Å²) in [6.45, 7) is 3.92. The van der Waals surface area contributed by atoms with Crippen molar-refractivity contribution in [1.29, 1.82) is 0 Å². The second kappa shape index (κ2) is 5.31. The lowest BCUT2D eigenvalue weighted by Gasteiger charge is -2.14. The van der Waals surface area contributed by atoms with Gasteiger partial charge >= 0.3 is 0 Å². The monoisotopic (exact) mass is 282 g/mol. The minimum atomic E-state index is 0.911. The number of benzene rings is 3. The number of fused-ring (bicyclic) bond motifs is 3. The maximum Gasteiger partial charge on any atom is -0.000718 e. The van der Waals surface area contributed by atoms with Gasteiger partial charge in [0.05, 0.1) is 0 Å². The fourth-order valence-corrected chi connectivity index (χ4v) is 3.55. The topological polar surface area (TPSA) is 0 Å². The molecule has 4 rings (SSSR count). The molecule has 0 saturated heterocycles. The Kier molecular flexibility index (Phi) is 3.16. The zero-order chi connectivity index (χ0) is 14.9. The molecule has 0 saturated carbocycles. The second-order valence-corrected chi connectivity index (χ2v) is 5.82. The lowest BCUT2D eigenvalue weighted by atomic mass is 9.90. The van der Waals surface area contributed by atoms with Crippen LogP contribution in [-0.4, -0.2) is 0 Å². The highest BCUT2D eigenvalue weighted by molar-refractivity contribution is 5.86. The molecule has 0 nitrogen and oxygen atoms in total. The summed E-state index contributed by atoms with van der Waals surface area (Å²) in [6.07, 6.45) is 3.94. The summed E-state index contributed by atoms with van der Waals surface area (Å²) in [4.78, 5) is 0. The third kappa shape index (κ3) is 2.00. The Hall–Kier alpha value is -2.60. The maximum atomic E-state index is 3.92. The van der Waals surface area contributed by atoms with Gasteiger partial charge in [-0.1, -0.05) is 72.8 Å². The van der Waals surface area contributed by atoms with Crippen molar-refractivity contribution in [2.75, 3.05) is 0 Å².